The van der Waals surface area contributed by atoms with Gasteiger partial charge < -0.3 is 9.88 Å². The molecule has 0 fully saturated rings. The fourth-order valence-electron chi connectivity index (χ4n) is 0.902. The van der Waals surface area contributed by atoms with E-state index < -0.39 is 0 Å². The first-order valence-corrected chi connectivity index (χ1v) is 3.37. The molecule has 1 rings (SSSR count). The largest absolute Gasteiger partial charge is 0.359 e. The lowest BCUT2D eigenvalue weighted by Crippen LogP contribution is -2.16. The van der Waals surface area contributed by atoms with E-state index in [0.717, 1.165) is 0 Å². The van der Waals surface area contributed by atoms with Gasteiger partial charge in [-0.05, 0) is 6.92 Å². The molecule has 0 aliphatic carbocycles. The second-order valence-corrected chi connectivity index (χ2v) is 2.41. The predicted molar refractivity (Wildman–Crippen MR) is 43.8 cm³/mol. The van der Waals surface area contributed by atoms with Crippen LogP contribution in [0.1, 0.15) is 5.56 Å². The van der Waals surface area contributed by atoms with Crippen molar-refractivity contribution in [3.8, 4) is 0 Å². The van der Waals surface area contributed by atoms with Crippen LogP contribution in [0.15, 0.2) is 11.0 Å². The highest BCUT2D eigenvalue weighted by Crippen LogP contribution is 1.96. The predicted octanol–water partition coefficient (Wildman–Crippen LogP) is 0.130. The Morgan fingerprint density at radius 3 is 2.82 bits per heavy atom. The summed E-state index contributed by atoms with van der Waals surface area (Å²) >= 11 is 0. The Morgan fingerprint density at radius 2 is 2.27 bits per heavy atom. The van der Waals surface area contributed by atoms with Gasteiger partial charge in [-0.3, -0.25) is 4.79 Å². The molecule has 1 heterocycles. The summed E-state index contributed by atoms with van der Waals surface area (Å²) in [5, 5.41) is 2.82. The molecule has 0 saturated heterocycles. The minimum atomic E-state index is -0.174. The Kier molecular flexibility index (Phi) is 1.94. The number of aryl methyl sites for hydroxylation is 2. The molecule has 0 unspecified atom stereocenters. The molecule has 11 heavy (non-hydrogen) atoms. The van der Waals surface area contributed by atoms with Gasteiger partial charge in [-0.25, -0.2) is 0 Å². The van der Waals surface area contributed by atoms with Crippen LogP contribution in [0.4, 0.5) is 5.95 Å². The number of nitrogens with one attached hydrogen (secondary N) is 1. The number of nitrogens with zero attached hydrogens (tertiary/aromatic N) is 2. The summed E-state index contributed by atoms with van der Waals surface area (Å²) < 4.78 is 1.77. The zero-order chi connectivity index (χ0) is 8.43. The average molecular weight is 153 g/mol. The summed E-state index contributed by atoms with van der Waals surface area (Å²) in [5.74, 6) is 0.584. The van der Waals surface area contributed by atoms with Gasteiger partial charge >= 0.3 is 0 Å². The number of hydrogen-bond donors (Lipinski definition) is 1. The fraction of sp³-hybridized carbons (Fsp3) is 0.429. The summed E-state index contributed by atoms with van der Waals surface area (Å²) in [7, 11) is 3.57. The molecule has 4 nitrogen and oxygen atoms in total. The van der Waals surface area contributed by atoms with Gasteiger partial charge in [0, 0.05) is 25.9 Å². The van der Waals surface area contributed by atoms with Crippen LogP contribution in [0, 0.1) is 6.92 Å². The fourth-order valence-corrected chi connectivity index (χ4v) is 0.902. The van der Waals surface area contributed by atoms with Gasteiger partial charge in [-0.15, -0.1) is 0 Å². The molecule has 1 aromatic heterocycles. The first kappa shape index (κ1) is 7.78. The van der Waals surface area contributed by atoms with Crippen LogP contribution in [0.3, 0.4) is 0 Å². The molecule has 0 aliphatic rings. The normalized spacial score (nSPS) is 9.73. The van der Waals surface area contributed by atoms with E-state index in [0.29, 0.717) is 11.5 Å². The van der Waals surface area contributed by atoms with Crippen molar-refractivity contribution in [1.82, 2.24) is 9.55 Å². The van der Waals surface area contributed by atoms with Crippen LogP contribution in [-0.2, 0) is 7.05 Å². The number of aromatic nitrogens is 2. The van der Waals surface area contributed by atoms with Crippen molar-refractivity contribution in [3.05, 3.63) is 22.1 Å². The highest BCUT2D eigenvalue weighted by molar-refractivity contribution is 5.25. The van der Waals surface area contributed by atoms with Crippen LogP contribution in [0.25, 0.3) is 0 Å². The van der Waals surface area contributed by atoms with Crippen LogP contribution in [-0.4, -0.2) is 16.6 Å². The Morgan fingerprint density at radius 1 is 1.64 bits per heavy atom. The molecule has 0 spiro atoms. The molecule has 0 amide bonds. The van der Waals surface area contributed by atoms with E-state index >= 15 is 0 Å². The quantitative estimate of drug-likeness (QED) is 0.623. The molecule has 1 N–H and O–H groups in total. The maximum atomic E-state index is 11.0. The van der Waals surface area contributed by atoms with Crippen LogP contribution in [0.5, 0.6) is 0 Å². The summed E-state index contributed by atoms with van der Waals surface area (Å²) in [6.45, 7) is 1.74. The molecule has 4 heteroatoms. The van der Waals surface area contributed by atoms with Crippen molar-refractivity contribution in [2.24, 2.45) is 7.05 Å². The molecular weight excluding hydrogens is 142 g/mol. The molecule has 1 aromatic rings. The first-order valence-electron chi connectivity index (χ1n) is 3.37. The summed E-state index contributed by atoms with van der Waals surface area (Å²) in [5.41, 5.74) is 0.485. The standard InChI is InChI=1S/C7H11N3O/c1-5-4-10(3)7(8-2)9-6(5)11/h4H,1-3H3,(H,8,9,11). The summed E-state index contributed by atoms with van der Waals surface area (Å²) in [4.78, 5) is 14.8. The van der Waals surface area contributed by atoms with Crippen LogP contribution in [0.2, 0.25) is 0 Å². The van der Waals surface area contributed by atoms with E-state index in [-0.39, 0.29) is 5.56 Å². The van der Waals surface area contributed by atoms with Crippen molar-refractivity contribution in [2.75, 3.05) is 12.4 Å². The topological polar surface area (TPSA) is 46.9 Å². The van der Waals surface area contributed by atoms with Gasteiger partial charge in [0.15, 0.2) is 0 Å². The lowest BCUT2D eigenvalue weighted by molar-refractivity contribution is 0.850. The van der Waals surface area contributed by atoms with Crippen LogP contribution < -0.4 is 10.9 Å². The van der Waals surface area contributed by atoms with Gasteiger partial charge in [-0.1, -0.05) is 0 Å². The zero-order valence-electron chi connectivity index (χ0n) is 6.88. The third-order valence-electron chi connectivity index (χ3n) is 1.49. The molecule has 0 bridgehead atoms. The molecule has 0 aliphatic heterocycles. The van der Waals surface area contributed by atoms with Gasteiger partial charge in [0.05, 0.1) is 0 Å². The first-order chi connectivity index (χ1) is 5.15. The smallest absolute Gasteiger partial charge is 0.277 e. The number of anilines is 1. The van der Waals surface area contributed by atoms with Crippen molar-refractivity contribution in [2.45, 2.75) is 6.92 Å². The van der Waals surface area contributed by atoms with Crippen LogP contribution >= 0.6 is 0 Å². The maximum absolute atomic E-state index is 11.0. The summed E-state index contributed by atoms with van der Waals surface area (Å²) in [6, 6.07) is 0. The third-order valence-corrected chi connectivity index (χ3v) is 1.49. The van der Waals surface area contributed by atoms with E-state index in [2.05, 4.69) is 10.3 Å². The zero-order valence-corrected chi connectivity index (χ0v) is 6.88. The van der Waals surface area contributed by atoms with Crippen molar-refractivity contribution in [1.29, 1.82) is 0 Å². The Balaban J connectivity index is 3.32. The molecule has 0 aromatic carbocycles. The van der Waals surface area contributed by atoms with E-state index in [9.17, 15) is 4.79 Å². The number of hydrogen-bond acceptors (Lipinski definition) is 3. The molecule has 0 saturated carbocycles. The highest BCUT2D eigenvalue weighted by Gasteiger charge is 1.98. The Labute approximate surface area is 64.9 Å². The molecular formula is C7H11N3O. The van der Waals surface area contributed by atoms with Crippen molar-refractivity contribution in [3.63, 3.8) is 0 Å². The van der Waals surface area contributed by atoms with Gasteiger partial charge in [0.25, 0.3) is 5.56 Å². The average Bonchev–Trinajstić information content (AvgIpc) is 1.97. The Hall–Kier alpha value is -1.32. The lowest BCUT2D eigenvalue weighted by Gasteiger charge is -2.05. The van der Waals surface area contributed by atoms with Gasteiger partial charge in [0.1, 0.15) is 0 Å². The minimum absolute atomic E-state index is 0.174. The van der Waals surface area contributed by atoms with Crippen molar-refractivity contribution < 1.29 is 0 Å². The second-order valence-electron chi connectivity index (χ2n) is 2.41. The number of rotatable bonds is 1. The van der Waals surface area contributed by atoms with Crippen molar-refractivity contribution >= 4 is 5.95 Å². The van der Waals surface area contributed by atoms with E-state index in [1.807, 2.05) is 7.05 Å². The monoisotopic (exact) mass is 153 g/mol. The molecule has 0 atom stereocenters. The SMILES string of the molecule is CNc1nc(=O)c(C)cn1C. The Bertz CT molecular complexity index is 316. The third kappa shape index (κ3) is 1.39. The van der Waals surface area contributed by atoms with E-state index in [4.69, 9.17) is 0 Å². The minimum Gasteiger partial charge on any atom is -0.359 e. The highest BCUT2D eigenvalue weighted by atomic mass is 16.1. The van der Waals surface area contributed by atoms with Gasteiger partial charge in [-0.2, -0.15) is 4.98 Å². The molecule has 60 valence electrons. The lowest BCUT2D eigenvalue weighted by atomic mass is 10.4. The molecule has 0 radical (unpaired) electrons. The second kappa shape index (κ2) is 2.74. The van der Waals surface area contributed by atoms with E-state index in [1.165, 1.54) is 0 Å². The van der Waals surface area contributed by atoms with Gasteiger partial charge in [0.2, 0.25) is 5.95 Å². The van der Waals surface area contributed by atoms with E-state index in [1.54, 1.807) is 24.7 Å². The summed E-state index contributed by atoms with van der Waals surface area (Å²) in [6.07, 6.45) is 1.75. The maximum Gasteiger partial charge on any atom is 0.277 e.